The van der Waals surface area contributed by atoms with Crippen LogP contribution in [0.25, 0.3) is 10.3 Å². The Hall–Kier alpha value is -3.04. The van der Waals surface area contributed by atoms with Crippen molar-refractivity contribution >= 4 is 55.9 Å². The summed E-state index contributed by atoms with van der Waals surface area (Å²) in [6, 6.07) is 7.32. The number of amides is 2. The van der Waals surface area contributed by atoms with Gasteiger partial charge in [0.1, 0.15) is 16.3 Å². The number of anilines is 2. The predicted molar refractivity (Wildman–Crippen MR) is 107 cm³/mol. The Morgan fingerprint density at radius 1 is 1.21 bits per heavy atom. The van der Waals surface area contributed by atoms with Crippen molar-refractivity contribution in [3.63, 3.8) is 0 Å². The lowest BCUT2D eigenvalue weighted by atomic mass is 10.3. The normalized spacial score (nSPS) is 10.6. The van der Waals surface area contributed by atoms with Gasteiger partial charge in [-0.1, -0.05) is 11.6 Å². The Kier molecular flexibility index (Phi) is 5.57. The molecule has 0 bridgehead atoms. The number of hydrogen-bond acceptors (Lipinski definition) is 7. The van der Waals surface area contributed by atoms with Gasteiger partial charge in [0.25, 0.3) is 0 Å². The van der Waals surface area contributed by atoms with Crippen LogP contribution in [0.3, 0.4) is 0 Å². The van der Waals surface area contributed by atoms with E-state index in [0.29, 0.717) is 26.2 Å². The van der Waals surface area contributed by atoms with E-state index in [0.717, 1.165) is 0 Å². The summed E-state index contributed by atoms with van der Waals surface area (Å²) in [6.07, 6.45) is 0. The SMILES string of the molecule is COC(=O)c1cc2sc(N(C)C(=O)Nc3ccc(Cl)cc3OC)cc2oc1=O. The molecular formula is C18H15ClN2O6S. The molecule has 2 amide bonds. The van der Waals surface area contributed by atoms with Gasteiger partial charge >= 0.3 is 17.6 Å². The number of nitrogens with one attached hydrogen (secondary N) is 1. The number of halogens is 1. The minimum absolute atomic E-state index is 0.207. The first-order valence-electron chi connectivity index (χ1n) is 7.88. The maximum Gasteiger partial charge on any atom is 0.351 e. The highest BCUT2D eigenvalue weighted by atomic mass is 35.5. The van der Waals surface area contributed by atoms with Gasteiger partial charge in [-0.2, -0.15) is 0 Å². The van der Waals surface area contributed by atoms with Gasteiger partial charge in [0.2, 0.25) is 0 Å². The number of methoxy groups -OCH3 is 2. The van der Waals surface area contributed by atoms with E-state index in [9.17, 15) is 14.4 Å². The quantitative estimate of drug-likeness (QED) is 0.639. The first-order chi connectivity index (χ1) is 13.3. The fraction of sp³-hybridized carbons (Fsp3) is 0.167. The number of benzene rings is 1. The highest BCUT2D eigenvalue weighted by Gasteiger charge is 2.19. The Morgan fingerprint density at radius 2 is 1.96 bits per heavy atom. The molecule has 0 aliphatic carbocycles. The zero-order chi connectivity index (χ0) is 20.4. The van der Waals surface area contributed by atoms with Crippen molar-refractivity contribution in [1.29, 1.82) is 0 Å². The van der Waals surface area contributed by atoms with E-state index in [1.807, 2.05) is 0 Å². The van der Waals surface area contributed by atoms with Crippen LogP contribution in [0.15, 0.2) is 39.5 Å². The fourth-order valence-corrected chi connectivity index (χ4v) is 3.54. The van der Waals surface area contributed by atoms with Crippen molar-refractivity contribution in [1.82, 2.24) is 0 Å². The van der Waals surface area contributed by atoms with Crippen LogP contribution < -0.4 is 20.6 Å². The van der Waals surface area contributed by atoms with Gasteiger partial charge in [-0.3, -0.25) is 4.90 Å². The van der Waals surface area contributed by atoms with Crippen molar-refractivity contribution in [2.75, 3.05) is 31.5 Å². The molecule has 2 aromatic heterocycles. The van der Waals surface area contributed by atoms with Crippen molar-refractivity contribution < 1.29 is 23.5 Å². The first kappa shape index (κ1) is 19.7. The maximum absolute atomic E-state index is 12.6. The van der Waals surface area contributed by atoms with Gasteiger partial charge in [0, 0.05) is 24.2 Å². The van der Waals surface area contributed by atoms with Crippen LogP contribution in [-0.2, 0) is 4.74 Å². The molecule has 0 aliphatic heterocycles. The Balaban J connectivity index is 1.88. The lowest BCUT2D eigenvalue weighted by Gasteiger charge is -2.17. The number of thiophene rings is 1. The Bertz CT molecular complexity index is 1120. The lowest BCUT2D eigenvalue weighted by Crippen LogP contribution is -2.30. The van der Waals surface area contributed by atoms with Crippen molar-refractivity contribution in [2.45, 2.75) is 0 Å². The van der Waals surface area contributed by atoms with E-state index in [2.05, 4.69) is 10.1 Å². The molecule has 0 saturated carbocycles. The van der Waals surface area contributed by atoms with Gasteiger partial charge < -0.3 is 19.2 Å². The van der Waals surface area contributed by atoms with Crippen LogP contribution in [0.5, 0.6) is 5.75 Å². The smallest absolute Gasteiger partial charge is 0.351 e. The number of urea groups is 1. The summed E-state index contributed by atoms with van der Waals surface area (Å²) in [7, 11) is 4.20. The molecule has 0 aliphatic rings. The molecule has 1 aromatic carbocycles. The number of carbonyl (C=O) groups excluding carboxylic acids is 2. The summed E-state index contributed by atoms with van der Waals surface area (Å²) in [6.45, 7) is 0. The minimum atomic E-state index is -0.804. The molecule has 10 heteroatoms. The largest absolute Gasteiger partial charge is 0.495 e. The zero-order valence-electron chi connectivity index (χ0n) is 15.1. The molecule has 28 heavy (non-hydrogen) atoms. The molecule has 0 fully saturated rings. The van der Waals surface area contributed by atoms with Crippen LogP contribution in [-0.4, -0.2) is 33.3 Å². The average Bonchev–Trinajstić information content (AvgIpc) is 3.09. The summed E-state index contributed by atoms with van der Waals surface area (Å²) in [5.41, 5.74) is -0.297. The molecule has 0 atom stereocenters. The number of carbonyl (C=O) groups is 2. The second kappa shape index (κ2) is 7.91. The van der Waals surface area contributed by atoms with E-state index in [-0.39, 0.29) is 11.1 Å². The monoisotopic (exact) mass is 422 g/mol. The summed E-state index contributed by atoms with van der Waals surface area (Å²) in [5, 5.41) is 3.71. The third-order valence-corrected chi connectivity index (χ3v) is 5.23. The average molecular weight is 423 g/mol. The molecule has 0 unspecified atom stereocenters. The molecule has 3 rings (SSSR count). The number of hydrogen-bond donors (Lipinski definition) is 1. The lowest BCUT2D eigenvalue weighted by molar-refractivity contribution is 0.0596. The summed E-state index contributed by atoms with van der Waals surface area (Å²) in [4.78, 5) is 37.5. The maximum atomic E-state index is 12.6. The van der Waals surface area contributed by atoms with Crippen LogP contribution in [0.2, 0.25) is 5.02 Å². The number of esters is 1. The summed E-state index contributed by atoms with van der Waals surface area (Å²) in [5.74, 6) is -0.370. The van der Waals surface area contributed by atoms with E-state index in [1.54, 1.807) is 31.3 Å². The van der Waals surface area contributed by atoms with Gasteiger partial charge in [-0.25, -0.2) is 14.4 Å². The van der Waals surface area contributed by atoms with E-state index < -0.39 is 17.6 Å². The molecule has 2 heterocycles. The number of ether oxygens (including phenoxy) is 2. The van der Waals surface area contributed by atoms with E-state index in [1.165, 1.54) is 36.5 Å². The van der Waals surface area contributed by atoms with Crippen molar-refractivity contribution in [2.24, 2.45) is 0 Å². The van der Waals surface area contributed by atoms with Gasteiger partial charge in [0.05, 0.1) is 24.6 Å². The van der Waals surface area contributed by atoms with Gasteiger partial charge in [-0.05, 0) is 18.2 Å². The van der Waals surface area contributed by atoms with Gasteiger partial charge in [0.15, 0.2) is 5.58 Å². The Morgan fingerprint density at radius 3 is 2.64 bits per heavy atom. The van der Waals surface area contributed by atoms with E-state index >= 15 is 0 Å². The first-order valence-corrected chi connectivity index (χ1v) is 9.07. The zero-order valence-corrected chi connectivity index (χ0v) is 16.6. The van der Waals surface area contributed by atoms with E-state index in [4.69, 9.17) is 20.8 Å². The van der Waals surface area contributed by atoms with Crippen LogP contribution >= 0.6 is 22.9 Å². The summed E-state index contributed by atoms with van der Waals surface area (Å²) >= 11 is 7.10. The fourth-order valence-electron chi connectivity index (χ4n) is 2.39. The summed E-state index contributed by atoms with van der Waals surface area (Å²) < 4.78 is 15.5. The molecule has 3 aromatic rings. The molecule has 1 N–H and O–H groups in total. The standard InChI is InChI=1S/C18H15ClN2O6S/c1-21(18(24)20-11-5-4-9(19)6-12(11)25-2)15-8-13-14(28-15)7-10(16(22)26-3)17(23)27-13/h4-8H,1-3H3,(H,20,24). The molecular weight excluding hydrogens is 408 g/mol. The minimum Gasteiger partial charge on any atom is -0.495 e. The molecule has 8 nitrogen and oxygen atoms in total. The molecule has 0 radical (unpaired) electrons. The molecule has 146 valence electrons. The number of fused-ring (bicyclic) bond motifs is 1. The Labute approximate surface area is 168 Å². The predicted octanol–water partition coefficient (Wildman–Crippen LogP) is 3.97. The highest BCUT2D eigenvalue weighted by Crippen LogP contribution is 2.33. The number of rotatable bonds is 4. The second-order valence-corrected chi connectivity index (χ2v) is 7.08. The van der Waals surface area contributed by atoms with Crippen LogP contribution in [0, 0.1) is 0 Å². The molecule has 0 saturated heterocycles. The van der Waals surface area contributed by atoms with Crippen molar-refractivity contribution in [3.8, 4) is 5.75 Å². The molecule has 0 spiro atoms. The van der Waals surface area contributed by atoms with Crippen molar-refractivity contribution in [3.05, 3.63) is 51.3 Å². The topological polar surface area (TPSA) is 98.1 Å². The third-order valence-electron chi connectivity index (χ3n) is 3.86. The van der Waals surface area contributed by atoms with Crippen LogP contribution in [0.1, 0.15) is 10.4 Å². The second-order valence-electron chi connectivity index (χ2n) is 5.59. The van der Waals surface area contributed by atoms with Crippen LogP contribution in [0.4, 0.5) is 15.5 Å². The third kappa shape index (κ3) is 3.80. The van der Waals surface area contributed by atoms with Gasteiger partial charge in [-0.15, -0.1) is 11.3 Å². The highest BCUT2D eigenvalue weighted by molar-refractivity contribution is 7.22. The number of nitrogens with zero attached hydrogens (tertiary/aromatic N) is 1.